The van der Waals surface area contributed by atoms with Crippen molar-refractivity contribution in [3.63, 3.8) is 0 Å². The third-order valence-electron chi connectivity index (χ3n) is 7.30. The lowest BCUT2D eigenvalue weighted by Crippen LogP contribution is -2.47. The van der Waals surface area contributed by atoms with Gasteiger partial charge in [0.25, 0.3) is 21.8 Å². The summed E-state index contributed by atoms with van der Waals surface area (Å²) in [5.74, 6) is -1.03. The smallest absolute Gasteiger partial charge is 0.311 e. The van der Waals surface area contributed by atoms with Gasteiger partial charge in [0.2, 0.25) is 6.17 Å². The number of carbonyl (C=O) groups excluding carboxylic acids is 3. The number of anilines is 2. The van der Waals surface area contributed by atoms with Gasteiger partial charge in [-0.3, -0.25) is 14.6 Å². The summed E-state index contributed by atoms with van der Waals surface area (Å²) in [6.07, 6.45) is 4.14. The van der Waals surface area contributed by atoms with Crippen molar-refractivity contribution in [2.45, 2.75) is 43.2 Å². The number of nitrogens with zero attached hydrogens (tertiary/aromatic N) is 2. The summed E-state index contributed by atoms with van der Waals surface area (Å²) in [7, 11) is -2.41. The van der Waals surface area contributed by atoms with E-state index >= 15 is 0 Å². The number of hydrogen-bond acceptors (Lipinski definition) is 6. The summed E-state index contributed by atoms with van der Waals surface area (Å²) in [5, 5.41) is 5.31. The van der Waals surface area contributed by atoms with Crippen LogP contribution >= 0.6 is 0 Å². The molecule has 3 N–H and O–H groups in total. The summed E-state index contributed by atoms with van der Waals surface area (Å²) >= 11 is 0. The van der Waals surface area contributed by atoms with Gasteiger partial charge in [-0.2, -0.15) is 0 Å². The van der Waals surface area contributed by atoms with Crippen LogP contribution in [0, 0.1) is 5.92 Å². The summed E-state index contributed by atoms with van der Waals surface area (Å²) in [4.78, 5) is 45.4. The number of rotatable bonds is 6. The van der Waals surface area contributed by atoms with Gasteiger partial charge in [0.1, 0.15) is 0 Å². The number of fused-ring (bicyclic) bond motifs is 1. The molecule has 0 bridgehead atoms. The second-order valence-electron chi connectivity index (χ2n) is 10.1. The zero-order valence-corrected chi connectivity index (χ0v) is 23.4. The summed E-state index contributed by atoms with van der Waals surface area (Å²) < 4.78 is 27.1. The number of amides is 4. The van der Waals surface area contributed by atoms with Gasteiger partial charge in [-0.15, -0.1) is 0 Å². The highest BCUT2D eigenvalue weighted by atomic mass is 32.2. The number of aliphatic imine (C=N–C) groups is 1. The van der Waals surface area contributed by atoms with Gasteiger partial charge in [0, 0.05) is 29.8 Å². The number of urea groups is 1. The van der Waals surface area contributed by atoms with Crippen molar-refractivity contribution in [2.75, 3.05) is 17.3 Å². The number of carbonyl (C=O) groups is 3. The Hall–Kier alpha value is -4.51. The highest BCUT2D eigenvalue weighted by Gasteiger charge is 2.33. The number of hydrogen-bond donors (Lipinski definition) is 3. The minimum absolute atomic E-state index is 0.0284. The minimum Gasteiger partial charge on any atom is -0.311 e. The van der Waals surface area contributed by atoms with Crippen LogP contribution < -0.4 is 20.3 Å². The molecule has 3 aromatic rings. The number of nitrogens with one attached hydrogen (secondary N) is 3. The molecule has 2 aliphatic rings. The van der Waals surface area contributed by atoms with E-state index in [4.69, 9.17) is 4.99 Å². The second-order valence-corrected chi connectivity index (χ2v) is 11.8. The SMILES string of the molecule is CN1C(=O)[C@H](NC(=O)Nc2cccc(C(=O)NS(=O)(=O)c3ccccc3)c2)N=C(C2CCCCC2)c2ccccc21. The molecule has 1 aliphatic carbocycles. The molecule has 11 heteroatoms. The van der Waals surface area contributed by atoms with E-state index in [1.54, 1.807) is 31.3 Å². The summed E-state index contributed by atoms with van der Waals surface area (Å²) in [6, 6.07) is 20.3. The van der Waals surface area contributed by atoms with Gasteiger partial charge in [0.15, 0.2) is 0 Å². The Morgan fingerprint density at radius 3 is 2.37 bits per heavy atom. The zero-order chi connectivity index (χ0) is 29.0. The van der Waals surface area contributed by atoms with Crippen LogP contribution in [0.3, 0.4) is 0 Å². The van der Waals surface area contributed by atoms with Crippen molar-refractivity contribution >= 4 is 45.0 Å². The molecule has 1 atom stereocenters. The molecule has 1 aliphatic heterocycles. The number of likely N-dealkylation sites (N-methyl/N-ethyl adjacent to an activating group) is 1. The van der Waals surface area contributed by atoms with Crippen molar-refractivity contribution in [1.29, 1.82) is 0 Å². The Kier molecular flexibility index (Phi) is 8.16. The third-order valence-corrected chi connectivity index (χ3v) is 8.64. The van der Waals surface area contributed by atoms with Gasteiger partial charge < -0.3 is 15.5 Å². The zero-order valence-electron chi connectivity index (χ0n) is 22.5. The Morgan fingerprint density at radius 1 is 0.902 bits per heavy atom. The Labute approximate surface area is 238 Å². The molecule has 3 aromatic carbocycles. The fourth-order valence-corrected chi connectivity index (χ4v) is 6.21. The molecule has 1 saturated carbocycles. The van der Waals surface area contributed by atoms with Gasteiger partial charge in [0.05, 0.1) is 16.3 Å². The van der Waals surface area contributed by atoms with Crippen LogP contribution in [0.5, 0.6) is 0 Å². The average Bonchev–Trinajstić information content (AvgIpc) is 3.08. The Bertz CT molecular complexity index is 1600. The van der Waals surface area contributed by atoms with E-state index in [2.05, 4.69) is 10.6 Å². The quantitative estimate of drug-likeness (QED) is 0.404. The van der Waals surface area contributed by atoms with E-state index in [9.17, 15) is 22.8 Å². The number of benzodiazepines with no additional fused rings is 1. The highest BCUT2D eigenvalue weighted by Crippen LogP contribution is 2.33. The first kappa shape index (κ1) is 28.0. The molecule has 0 saturated heterocycles. The van der Waals surface area contributed by atoms with Crippen LogP contribution in [0.4, 0.5) is 16.2 Å². The fraction of sp³-hybridized carbons (Fsp3) is 0.267. The van der Waals surface area contributed by atoms with Crippen molar-refractivity contribution < 1.29 is 22.8 Å². The third kappa shape index (κ3) is 6.30. The van der Waals surface area contributed by atoms with E-state index in [1.165, 1.54) is 41.7 Å². The molecule has 1 fully saturated rings. The molecule has 4 amide bonds. The van der Waals surface area contributed by atoms with Gasteiger partial charge >= 0.3 is 6.03 Å². The molecule has 0 aromatic heterocycles. The fourth-order valence-electron chi connectivity index (χ4n) is 5.21. The monoisotopic (exact) mass is 573 g/mol. The molecule has 5 rings (SSSR count). The van der Waals surface area contributed by atoms with Crippen molar-refractivity contribution in [2.24, 2.45) is 10.9 Å². The predicted octanol–water partition coefficient (Wildman–Crippen LogP) is 4.30. The van der Waals surface area contributed by atoms with Crippen molar-refractivity contribution in [1.82, 2.24) is 10.0 Å². The number of sulfonamides is 1. The van der Waals surface area contributed by atoms with Crippen LogP contribution in [0.1, 0.15) is 48.0 Å². The summed E-state index contributed by atoms with van der Waals surface area (Å²) in [5.41, 5.74) is 2.73. The van der Waals surface area contributed by atoms with Gasteiger partial charge in [-0.05, 0) is 49.2 Å². The van der Waals surface area contributed by atoms with E-state index in [-0.39, 0.29) is 28.0 Å². The lowest BCUT2D eigenvalue weighted by molar-refractivity contribution is -0.119. The maximum atomic E-state index is 13.4. The topological polar surface area (TPSA) is 137 Å². The van der Waals surface area contributed by atoms with E-state index in [0.29, 0.717) is 0 Å². The standard InChI is InChI=1S/C30H31N5O5S/c1-35-25-18-9-8-17-24(25)26(20-11-4-2-5-12-20)32-27(29(35)37)33-30(38)31-22-14-10-13-21(19-22)28(36)34-41(39,40)23-15-6-3-7-16-23/h3,6-10,13-20,27H,2,4-5,11-12H2,1H3,(H,34,36)(H2,31,33,38)/t27-/m0/s1. The molecule has 41 heavy (non-hydrogen) atoms. The van der Waals surface area contributed by atoms with Crippen molar-refractivity contribution in [3.05, 3.63) is 90.0 Å². The first-order valence-electron chi connectivity index (χ1n) is 13.5. The maximum absolute atomic E-state index is 13.4. The van der Waals surface area contributed by atoms with Crippen LogP contribution in [-0.2, 0) is 14.8 Å². The minimum atomic E-state index is -4.07. The van der Waals surface area contributed by atoms with Crippen molar-refractivity contribution in [3.8, 4) is 0 Å². The number of benzene rings is 3. The largest absolute Gasteiger partial charge is 0.321 e. The highest BCUT2D eigenvalue weighted by molar-refractivity contribution is 7.90. The Morgan fingerprint density at radius 2 is 1.61 bits per heavy atom. The first-order valence-corrected chi connectivity index (χ1v) is 15.0. The molecule has 1 heterocycles. The maximum Gasteiger partial charge on any atom is 0.321 e. The molecule has 0 unspecified atom stereocenters. The molecular weight excluding hydrogens is 542 g/mol. The van der Waals surface area contributed by atoms with Crippen LogP contribution in [0.2, 0.25) is 0 Å². The molecule has 10 nitrogen and oxygen atoms in total. The second kappa shape index (κ2) is 11.9. The Balaban J connectivity index is 1.32. The molecular formula is C30H31N5O5S. The molecule has 0 radical (unpaired) electrons. The van der Waals surface area contributed by atoms with Gasteiger partial charge in [-0.25, -0.2) is 17.9 Å². The van der Waals surface area contributed by atoms with Crippen LogP contribution in [0.15, 0.2) is 88.8 Å². The molecule has 212 valence electrons. The lowest BCUT2D eigenvalue weighted by atomic mass is 9.83. The number of para-hydroxylation sites is 1. The summed E-state index contributed by atoms with van der Waals surface area (Å²) in [6.45, 7) is 0. The van der Waals surface area contributed by atoms with E-state index in [1.807, 2.05) is 29.0 Å². The van der Waals surface area contributed by atoms with Gasteiger partial charge in [-0.1, -0.05) is 61.7 Å². The predicted molar refractivity (Wildman–Crippen MR) is 156 cm³/mol. The normalized spacial score (nSPS) is 17.6. The molecule has 0 spiro atoms. The van der Waals surface area contributed by atoms with E-state index in [0.717, 1.165) is 42.6 Å². The average molecular weight is 574 g/mol. The lowest BCUT2D eigenvalue weighted by Gasteiger charge is -2.25. The van der Waals surface area contributed by atoms with Crippen LogP contribution in [-0.4, -0.2) is 45.2 Å². The van der Waals surface area contributed by atoms with E-state index < -0.39 is 28.1 Å². The van der Waals surface area contributed by atoms with Crippen LogP contribution in [0.25, 0.3) is 0 Å². The first-order chi connectivity index (χ1) is 19.7.